The van der Waals surface area contributed by atoms with E-state index in [1.54, 1.807) is 0 Å². The lowest BCUT2D eigenvalue weighted by Gasteiger charge is -2.10. The summed E-state index contributed by atoms with van der Waals surface area (Å²) in [6.45, 7) is 10.5. The molecule has 0 amide bonds. The van der Waals surface area contributed by atoms with Crippen molar-refractivity contribution in [3.05, 3.63) is 11.7 Å². The zero-order valence-electron chi connectivity index (χ0n) is 13.2. The molecule has 0 aliphatic carbocycles. The first kappa shape index (κ1) is 20.1. The molecule has 0 saturated heterocycles. The number of hydrogen-bond acceptors (Lipinski definition) is 5. The van der Waals surface area contributed by atoms with Crippen molar-refractivity contribution in [3.63, 3.8) is 0 Å². The quantitative estimate of drug-likeness (QED) is 0.307. The summed E-state index contributed by atoms with van der Waals surface area (Å²) in [5.74, 6) is 1.52. The Kier molecular flexibility index (Phi) is 9.51. The minimum atomic E-state index is -0.155. The van der Waals surface area contributed by atoms with Crippen LogP contribution in [0.1, 0.15) is 45.8 Å². The van der Waals surface area contributed by atoms with Gasteiger partial charge >= 0.3 is 0 Å². The molecule has 8 heteroatoms. The van der Waals surface area contributed by atoms with E-state index in [1.807, 2.05) is 27.7 Å². The SMILES string of the molecule is CCOCCCNC(N)=NCc1noc(C(C)(C)C)n1.I. The van der Waals surface area contributed by atoms with E-state index in [4.69, 9.17) is 15.0 Å². The Morgan fingerprint density at radius 2 is 2.14 bits per heavy atom. The number of halogens is 1. The molecule has 1 rings (SSSR count). The summed E-state index contributed by atoms with van der Waals surface area (Å²) in [6.07, 6.45) is 0.889. The average Bonchev–Trinajstić information content (AvgIpc) is 2.85. The number of rotatable bonds is 7. The Bertz CT molecular complexity index is 428. The van der Waals surface area contributed by atoms with Gasteiger partial charge in [-0.25, -0.2) is 4.99 Å². The van der Waals surface area contributed by atoms with Crippen LogP contribution in [0, 0.1) is 0 Å². The maximum absolute atomic E-state index is 5.74. The van der Waals surface area contributed by atoms with Crippen LogP contribution in [0.4, 0.5) is 0 Å². The lowest BCUT2D eigenvalue weighted by molar-refractivity contribution is 0.145. The molecule has 3 N–H and O–H groups in total. The number of ether oxygens (including phenoxy) is 1. The van der Waals surface area contributed by atoms with E-state index in [9.17, 15) is 0 Å². The molecule has 1 heterocycles. The highest BCUT2D eigenvalue weighted by molar-refractivity contribution is 14.0. The zero-order valence-corrected chi connectivity index (χ0v) is 15.5. The van der Waals surface area contributed by atoms with Gasteiger partial charge in [0.15, 0.2) is 11.8 Å². The molecule has 0 unspecified atom stereocenters. The molecule has 0 spiro atoms. The van der Waals surface area contributed by atoms with Crippen molar-refractivity contribution < 1.29 is 9.26 Å². The van der Waals surface area contributed by atoms with Crippen LogP contribution in [0.5, 0.6) is 0 Å². The number of aromatic nitrogens is 2. The van der Waals surface area contributed by atoms with E-state index in [-0.39, 0.29) is 29.4 Å². The van der Waals surface area contributed by atoms with Crippen LogP contribution in [0.3, 0.4) is 0 Å². The molecule has 1 aromatic heterocycles. The molecule has 122 valence electrons. The van der Waals surface area contributed by atoms with Gasteiger partial charge in [0.25, 0.3) is 0 Å². The van der Waals surface area contributed by atoms with Crippen LogP contribution in [0.25, 0.3) is 0 Å². The number of guanidine groups is 1. The fourth-order valence-electron chi connectivity index (χ4n) is 1.37. The Morgan fingerprint density at radius 3 is 2.71 bits per heavy atom. The van der Waals surface area contributed by atoms with E-state index in [2.05, 4.69) is 20.4 Å². The van der Waals surface area contributed by atoms with E-state index in [0.29, 0.717) is 24.2 Å². The maximum Gasteiger partial charge on any atom is 0.232 e. The second-order valence-electron chi connectivity index (χ2n) is 5.44. The van der Waals surface area contributed by atoms with Gasteiger partial charge in [0.05, 0.1) is 0 Å². The molecule has 0 radical (unpaired) electrons. The summed E-state index contributed by atoms with van der Waals surface area (Å²) < 4.78 is 10.4. The highest BCUT2D eigenvalue weighted by atomic mass is 127. The second kappa shape index (κ2) is 9.93. The first-order valence-corrected chi connectivity index (χ1v) is 6.88. The molecule has 0 saturated carbocycles. The highest BCUT2D eigenvalue weighted by Crippen LogP contribution is 2.19. The maximum atomic E-state index is 5.74. The second-order valence-corrected chi connectivity index (χ2v) is 5.44. The largest absolute Gasteiger partial charge is 0.382 e. The van der Waals surface area contributed by atoms with E-state index in [0.717, 1.165) is 26.2 Å². The fourth-order valence-corrected chi connectivity index (χ4v) is 1.37. The molecule has 0 bridgehead atoms. The van der Waals surface area contributed by atoms with Crippen molar-refractivity contribution in [2.45, 2.75) is 46.1 Å². The zero-order chi connectivity index (χ0) is 15.0. The lowest BCUT2D eigenvalue weighted by atomic mass is 9.97. The summed E-state index contributed by atoms with van der Waals surface area (Å²) in [7, 11) is 0. The van der Waals surface area contributed by atoms with Crippen molar-refractivity contribution >= 4 is 29.9 Å². The Hall–Kier alpha value is -0.900. The number of nitrogens with zero attached hydrogens (tertiary/aromatic N) is 3. The number of aliphatic imine (C=N–C) groups is 1. The molecule has 21 heavy (non-hydrogen) atoms. The summed E-state index contributed by atoms with van der Waals surface area (Å²) in [6, 6.07) is 0. The van der Waals surface area contributed by atoms with Gasteiger partial charge < -0.3 is 20.3 Å². The molecule has 0 fully saturated rings. The topological polar surface area (TPSA) is 98.6 Å². The molecule has 0 aromatic carbocycles. The van der Waals surface area contributed by atoms with Crippen LogP contribution >= 0.6 is 24.0 Å². The predicted molar refractivity (Wildman–Crippen MR) is 92.9 cm³/mol. The standard InChI is InChI=1S/C13H25N5O2.HI/c1-5-19-8-6-7-15-12(14)16-9-10-17-11(20-18-10)13(2,3)4;/h5-9H2,1-4H3,(H3,14,15,16);1H. The number of nitrogens with two attached hydrogens (primary N) is 1. The van der Waals surface area contributed by atoms with Crippen molar-refractivity contribution in [1.82, 2.24) is 15.5 Å². The Morgan fingerprint density at radius 1 is 1.43 bits per heavy atom. The highest BCUT2D eigenvalue weighted by Gasteiger charge is 2.21. The third-order valence-corrected chi connectivity index (χ3v) is 2.48. The Labute approximate surface area is 143 Å². The fraction of sp³-hybridized carbons (Fsp3) is 0.769. The van der Waals surface area contributed by atoms with Crippen LogP contribution in [-0.4, -0.2) is 35.9 Å². The van der Waals surface area contributed by atoms with Gasteiger partial charge in [0, 0.05) is 25.2 Å². The van der Waals surface area contributed by atoms with Gasteiger partial charge in [-0.2, -0.15) is 4.98 Å². The molecule has 7 nitrogen and oxygen atoms in total. The summed E-state index contributed by atoms with van der Waals surface area (Å²) in [5.41, 5.74) is 5.59. The monoisotopic (exact) mass is 411 g/mol. The Balaban J connectivity index is 0.00000400. The lowest BCUT2D eigenvalue weighted by Crippen LogP contribution is -2.32. The minimum Gasteiger partial charge on any atom is -0.382 e. The minimum absolute atomic E-state index is 0. The van der Waals surface area contributed by atoms with Gasteiger partial charge in [0.2, 0.25) is 5.89 Å². The van der Waals surface area contributed by atoms with Crippen molar-refractivity contribution in [1.29, 1.82) is 0 Å². The van der Waals surface area contributed by atoms with Crippen molar-refractivity contribution in [2.24, 2.45) is 10.7 Å². The first-order valence-electron chi connectivity index (χ1n) is 6.88. The molecule has 0 atom stereocenters. The summed E-state index contributed by atoms with van der Waals surface area (Å²) >= 11 is 0. The van der Waals surface area contributed by atoms with E-state index < -0.39 is 0 Å². The smallest absolute Gasteiger partial charge is 0.232 e. The van der Waals surface area contributed by atoms with Gasteiger partial charge in [-0.15, -0.1) is 24.0 Å². The van der Waals surface area contributed by atoms with Crippen LogP contribution in [0.2, 0.25) is 0 Å². The summed E-state index contributed by atoms with van der Waals surface area (Å²) in [5, 5.41) is 6.89. The van der Waals surface area contributed by atoms with Crippen molar-refractivity contribution in [3.8, 4) is 0 Å². The normalized spacial score (nSPS) is 12.1. The predicted octanol–water partition coefficient (Wildman–Crippen LogP) is 1.82. The first-order chi connectivity index (χ1) is 9.43. The van der Waals surface area contributed by atoms with E-state index >= 15 is 0 Å². The van der Waals surface area contributed by atoms with Crippen molar-refractivity contribution in [2.75, 3.05) is 19.8 Å². The molecular formula is C13H26IN5O2. The van der Waals surface area contributed by atoms with Crippen LogP contribution < -0.4 is 11.1 Å². The van der Waals surface area contributed by atoms with Gasteiger partial charge in [-0.1, -0.05) is 25.9 Å². The molecule has 1 aromatic rings. The molecular weight excluding hydrogens is 385 g/mol. The molecule has 0 aliphatic heterocycles. The van der Waals surface area contributed by atoms with E-state index in [1.165, 1.54) is 0 Å². The average molecular weight is 411 g/mol. The number of hydrogen-bond donors (Lipinski definition) is 2. The van der Waals surface area contributed by atoms with Gasteiger partial charge in [0.1, 0.15) is 6.54 Å². The molecule has 0 aliphatic rings. The van der Waals surface area contributed by atoms with Crippen LogP contribution in [-0.2, 0) is 16.7 Å². The summed E-state index contributed by atoms with van der Waals surface area (Å²) in [4.78, 5) is 8.45. The van der Waals surface area contributed by atoms with Crippen LogP contribution in [0.15, 0.2) is 9.52 Å². The van der Waals surface area contributed by atoms with Gasteiger partial charge in [-0.3, -0.25) is 0 Å². The van der Waals surface area contributed by atoms with Gasteiger partial charge in [-0.05, 0) is 13.3 Å². The third kappa shape index (κ3) is 8.20. The number of nitrogens with one attached hydrogen (secondary N) is 1. The third-order valence-electron chi connectivity index (χ3n) is 2.48.